The molecule has 19 heavy (non-hydrogen) atoms. The monoisotopic (exact) mass is 260 g/mol. The Balaban J connectivity index is 1.83. The van der Waals surface area contributed by atoms with E-state index in [1.165, 1.54) is 19.8 Å². The average Bonchev–Trinajstić information content (AvgIpc) is 3.18. The summed E-state index contributed by atoms with van der Waals surface area (Å²) in [6, 6.07) is 6.72. The SMILES string of the molecule is CCC1(CNC(=O)Nc2ccc(C(C)=O)cc2)CC1. The van der Waals surface area contributed by atoms with E-state index in [0.29, 0.717) is 16.7 Å². The number of ketones is 1. The highest BCUT2D eigenvalue weighted by Crippen LogP contribution is 2.47. The van der Waals surface area contributed by atoms with Crippen LogP contribution in [0.3, 0.4) is 0 Å². The van der Waals surface area contributed by atoms with Crippen LogP contribution in [0.25, 0.3) is 0 Å². The van der Waals surface area contributed by atoms with Crippen LogP contribution >= 0.6 is 0 Å². The van der Waals surface area contributed by atoms with Crippen molar-refractivity contribution in [1.82, 2.24) is 5.32 Å². The maximum Gasteiger partial charge on any atom is 0.319 e. The van der Waals surface area contributed by atoms with E-state index >= 15 is 0 Å². The Morgan fingerprint density at radius 2 is 1.84 bits per heavy atom. The van der Waals surface area contributed by atoms with Gasteiger partial charge in [-0.15, -0.1) is 0 Å². The Hall–Kier alpha value is -1.84. The Bertz CT molecular complexity index is 475. The fraction of sp³-hybridized carbons (Fsp3) is 0.467. The van der Waals surface area contributed by atoms with Gasteiger partial charge in [-0.05, 0) is 55.9 Å². The molecule has 0 heterocycles. The first kappa shape index (κ1) is 13.6. The van der Waals surface area contributed by atoms with Crippen LogP contribution in [0.1, 0.15) is 43.5 Å². The second-order valence-electron chi connectivity index (χ2n) is 5.29. The van der Waals surface area contributed by atoms with Crippen LogP contribution in [-0.2, 0) is 0 Å². The highest BCUT2D eigenvalue weighted by Gasteiger charge is 2.40. The number of Topliss-reactive ketones (excluding diaryl/α,β-unsaturated/α-hetero) is 1. The van der Waals surface area contributed by atoms with E-state index in [1.807, 2.05) is 0 Å². The van der Waals surface area contributed by atoms with Crippen molar-refractivity contribution in [1.29, 1.82) is 0 Å². The number of carbonyl (C=O) groups is 2. The summed E-state index contributed by atoms with van der Waals surface area (Å²) in [6.07, 6.45) is 3.52. The Morgan fingerprint density at radius 3 is 2.32 bits per heavy atom. The molecule has 4 heteroatoms. The van der Waals surface area contributed by atoms with Gasteiger partial charge >= 0.3 is 6.03 Å². The van der Waals surface area contributed by atoms with Gasteiger partial charge in [0.1, 0.15) is 0 Å². The molecule has 2 amide bonds. The Kier molecular flexibility index (Phi) is 3.88. The van der Waals surface area contributed by atoms with Crippen LogP contribution in [0, 0.1) is 5.41 Å². The lowest BCUT2D eigenvalue weighted by atomic mass is 10.0. The van der Waals surface area contributed by atoms with Gasteiger partial charge in [0.2, 0.25) is 0 Å². The lowest BCUT2D eigenvalue weighted by Crippen LogP contribution is -2.33. The maximum absolute atomic E-state index is 11.7. The summed E-state index contributed by atoms with van der Waals surface area (Å²) in [5.41, 5.74) is 1.69. The second kappa shape index (κ2) is 5.43. The van der Waals surface area contributed by atoms with E-state index in [1.54, 1.807) is 24.3 Å². The summed E-state index contributed by atoms with van der Waals surface area (Å²) in [5, 5.41) is 5.68. The van der Waals surface area contributed by atoms with Gasteiger partial charge in [0.05, 0.1) is 0 Å². The van der Waals surface area contributed by atoms with Gasteiger partial charge in [-0.2, -0.15) is 0 Å². The normalized spacial score (nSPS) is 15.7. The molecule has 0 saturated heterocycles. The molecule has 0 aromatic heterocycles. The van der Waals surface area contributed by atoms with E-state index < -0.39 is 0 Å². The first-order chi connectivity index (χ1) is 9.04. The molecule has 0 spiro atoms. The molecule has 1 saturated carbocycles. The molecule has 0 bridgehead atoms. The zero-order valence-electron chi connectivity index (χ0n) is 11.5. The summed E-state index contributed by atoms with van der Waals surface area (Å²) in [4.78, 5) is 22.9. The van der Waals surface area contributed by atoms with Gasteiger partial charge in [0.25, 0.3) is 0 Å². The third kappa shape index (κ3) is 3.56. The van der Waals surface area contributed by atoms with Crippen molar-refractivity contribution >= 4 is 17.5 Å². The van der Waals surface area contributed by atoms with Crippen molar-refractivity contribution < 1.29 is 9.59 Å². The van der Waals surface area contributed by atoms with E-state index in [2.05, 4.69) is 17.6 Å². The van der Waals surface area contributed by atoms with Gasteiger partial charge in [-0.25, -0.2) is 4.79 Å². The highest BCUT2D eigenvalue weighted by molar-refractivity contribution is 5.95. The number of urea groups is 1. The van der Waals surface area contributed by atoms with Crippen molar-refractivity contribution in [3.05, 3.63) is 29.8 Å². The van der Waals surface area contributed by atoms with E-state index in [0.717, 1.165) is 13.0 Å². The molecule has 1 aromatic rings. The lowest BCUT2D eigenvalue weighted by molar-refractivity contribution is 0.101. The number of nitrogens with one attached hydrogen (secondary N) is 2. The number of rotatable bonds is 5. The van der Waals surface area contributed by atoms with Gasteiger partial charge in [0, 0.05) is 17.8 Å². The predicted molar refractivity (Wildman–Crippen MR) is 75.4 cm³/mol. The molecule has 1 aliphatic carbocycles. The minimum absolute atomic E-state index is 0.0228. The molecule has 102 valence electrons. The minimum Gasteiger partial charge on any atom is -0.337 e. The first-order valence-corrected chi connectivity index (χ1v) is 6.70. The number of carbonyl (C=O) groups excluding carboxylic acids is 2. The predicted octanol–water partition coefficient (Wildman–Crippen LogP) is 3.20. The van der Waals surface area contributed by atoms with Crippen molar-refractivity contribution in [2.75, 3.05) is 11.9 Å². The molecular formula is C15H20N2O2. The van der Waals surface area contributed by atoms with Gasteiger partial charge in [0.15, 0.2) is 5.78 Å². The lowest BCUT2D eigenvalue weighted by Gasteiger charge is -2.14. The number of hydrogen-bond acceptors (Lipinski definition) is 2. The smallest absolute Gasteiger partial charge is 0.319 e. The van der Waals surface area contributed by atoms with Gasteiger partial charge in [-0.1, -0.05) is 6.92 Å². The van der Waals surface area contributed by atoms with Crippen LogP contribution in [-0.4, -0.2) is 18.4 Å². The summed E-state index contributed by atoms with van der Waals surface area (Å²) in [5.74, 6) is 0.0228. The molecule has 1 fully saturated rings. The first-order valence-electron chi connectivity index (χ1n) is 6.70. The molecule has 1 aromatic carbocycles. The average molecular weight is 260 g/mol. The van der Waals surface area contributed by atoms with E-state index in [-0.39, 0.29) is 11.8 Å². The second-order valence-corrected chi connectivity index (χ2v) is 5.29. The van der Waals surface area contributed by atoms with E-state index in [9.17, 15) is 9.59 Å². The fourth-order valence-corrected chi connectivity index (χ4v) is 2.06. The number of amides is 2. The molecule has 1 aliphatic rings. The highest BCUT2D eigenvalue weighted by atomic mass is 16.2. The Labute approximate surface area is 113 Å². The molecule has 0 aliphatic heterocycles. The maximum atomic E-state index is 11.7. The molecule has 0 atom stereocenters. The number of benzene rings is 1. The van der Waals surface area contributed by atoms with Gasteiger partial charge < -0.3 is 10.6 Å². The summed E-state index contributed by atoms with van der Waals surface area (Å²) in [7, 11) is 0. The quantitative estimate of drug-likeness (QED) is 0.799. The topological polar surface area (TPSA) is 58.2 Å². The molecule has 4 nitrogen and oxygen atoms in total. The summed E-state index contributed by atoms with van der Waals surface area (Å²) in [6.45, 7) is 4.42. The zero-order valence-corrected chi connectivity index (χ0v) is 11.5. The van der Waals surface area contributed by atoms with E-state index in [4.69, 9.17) is 0 Å². The Morgan fingerprint density at radius 1 is 1.21 bits per heavy atom. The van der Waals surface area contributed by atoms with Crippen molar-refractivity contribution in [3.8, 4) is 0 Å². The minimum atomic E-state index is -0.185. The fourth-order valence-electron chi connectivity index (χ4n) is 2.06. The van der Waals surface area contributed by atoms with Crippen LogP contribution in [0.2, 0.25) is 0 Å². The van der Waals surface area contributed by atoms with Gasteiger partial charge in [-0.3, -0.25) is 4.79 Å². The number of anilines is 1. The van der Waals surface area contributed by atoms with Crippen LogP contribution < -0.4 is 10.6 Å². The van der Waals surface area contributed by atoms with Crippen LogP contribution in [0.5, 0.6) is 0 Å². The van der Waals surface area contributed by atoms with Crippen LogP contribution in [0.15, 0.2) is 24.3 Å². The standard InChI is InChI=1S/C15H20N2O2/c1-3-15(8-9-15)10-16-14(19)17-13-6-4-12(5-7-13)11(2)18/h4-7H,3,8-10H2,1-2H3,(H2,16,17,19). The molecule has 2 N–H and O–H groups in total. The molecule has 2 rings (SSSR count). The molecule has 0 radical (unpaired) electrons. The van der Waals surface area contributed by atoms with Crippen molar-refractivity contribution in [2.45, 2.75) is 33.1 Å². The number of hydrogen-bond donors (Lipinski definition) is 2. The third-order valence-corrected chi connectivity index (χ3v) is 3.88. The third-order valence-electron chi connectivity index (χ3n) is 3.88. The zero-order chi connectivity index (χ0) is 13.9. The van der Waals surface area contributed by atoms with Crippen LogP contribution in [0.4, 0.5) is 10.5 Å². The summed E-state index contributed by atoms with van der Waals surface area (Å²) < 4.78 is 0. The molecule has 0 unspecified atom stereocenters. The van der Waals surface area contributed by atoms with Crippen molar-refractivity contribution in [3.63, 3.8) is 0 Å². The summed E-state index contributed by atoms with van der Waals surface area (Å²) >= 11 is 0. The largest absolute Gasteiger partial charge is 0.337 e. The van der Waals surface area contributed by atoms with Crippen molar-refractivity contribution in [2.24, 2.45) is 5.41 Å². The molecular weight excluding hydrogens is 240 g/mol.